The molecule has 2 fully saturated rings. The Morgan fingerprint density at radius 2 is 1.57 bits per heavy atom. The van der Waals surface area contributed by atoms with Crippen LogP contribution in [0.15, 0.2) is 54.3 Å². The van der Waals surface area contributed by atoms with Crippen molar-refractivity contribution in [3.8, 4) is 0 Å². The van der Waals surface area contributed by atoms with Crippen molar-refractivity contribution >= 4 is 17.5 Å². The number of anilines is 2. The van der Waals surface area contributed by atoms with Crippen LogP contribution in [-0.4, -0.2) is 57.8 Å². The van der Waals surface area contributed by atoms with Gasteiger partial charge >= 0.3 is 6.18 Å². The maximum Gasteiger partial charge on any atom is 0.416 e. The summed E-state index contributed by atoms with van der Waals surface area (Å²) in [5.41, 5.74) is 2.43. The van der Waals surface area contributed by atoms with E-state index in [4.69, 9.17) is 4.74 Å². The van der Waals surface area contributed by atoms with Crippen LogP contribution in [0.1, 0.15) is 11.1 Å². The molecule has 0 radical (unpaired) electrons. The van der Waals surface area contributed by atoms with Gasteiger partial charge in [-0.15, -0.1) is 0 Å². The first-order chi connectivity index (χ1) is 14.4. The van der Waals surface area contributed by atoms with E-state index in [0.29, 0.717) is 19.7 Å². The fourth-order valence-corrected chi connectivity index (χ4v) is 3.89. The van der Waals surface area contributed by atoms with E-state index in [9.17, 15) is 13.2 Å². The number of rotatable bonds is 3. The molecule has 0 amide bonds. The van der Waals surface area contributed by atoms with Crippen LogP contribution >= 0.6 is 0 Å². The van der Waals surface area contributed by atoms with Crippen molar-refractivity contribution in [1.29, 1.82) is 0 Å². The fourth-order valence-electron chi connectivity index (χ4n) is 3.89. The Kier molecular flexibility index (Phi) is 5.90. The minimum atomic E-state index is -4.32. The predicted molar refractivity (Wildman–Crippen MR) is 114 cm³/mol. The first kappa shape index (κ1) is 20.6. The smallest absolute Gasteiger partial charge is 0.416 e. The van der Waals surface area contributed by atoms with Crippen molar-refractivity contribution in [3.05, 3.63) is 65.4 Å². The second kappa shape index (κ2) is 8.60. The number of hydrogen-bond acceptors (Lipinski definition) is 4. The van der Waals surface area contributed by atoms with Crippen LogP contribution in [0.2, 0.25) is 0 Å². The molecule has 2 saturated heterocycles. The highest BCUT2D eigenvalue weighted by atomic mass is 19.4. The maximum absolute atomic E-state index is 12.8. The molecule has 0 spiro atoms. The van der Waals surface area contributed by atoms with E-state index in [1.165, 1.54) is 17.8 Å². The Balaban J connectivity index is 1.51. The van der Waals surface area contributed by atoms with Gasteiger partial charge in [0.15, 0.2) is 0 Å². The number of piperazine rings is 1. The van der Waals surface area contributed by atoms with Gasteiger partial charge in [-0.25, -0.2) is 0 Å². The van der Waals surface area contributed by atoms with Gasteiger partial charge < -0.3 is 19.4 Å². The largest absolute Gasteiger partial charge is 0.494 e. The summed E-state index contributed by atoms with van der Waals surface area (Å²) in [6, 6.07) is 13.6. The molecule has 2 aliphatic heterocycles. The third kappa shape index (κ3) is 4.73. The minimum Gasteiger partial charge on any atom is -0.494 e. The molecule has 2 aliphatic rings. The van der Waals surface area contributed by atoms with Crippen LogP contribution < -0.4 is 9.80 Å². The zero-order valence-corrected chi connectivity index (χ0v) is 17.0. The number of benzene rings is 2. The number of likely N-dealkylation sites (N-methyl/N-ethyl adjacent to an activating group) is 1. The van der Waals surface area contributed by atoms with Crippen LogP contribution in [0.5, 0.6) is 0 Å². The average molecular weight is 417 g/mol. The highest BCUT2D eigenvalue weighted by Crippen LogP contribution is 2.31. The number of morpholine rings is 1. The van der Waals surface area contributed by atoms with Gasteiger partial charge in [0.1, 0.15) is 12.4 Å². The van der Waals surface area contributed by atoms with E-state index in [-0.39, 0.29) is 0 Å². The molecule has 4 nitrogen and oxygen atoms in total. The first-order valence-corrected chi connectivity index (χ1v) is 10.2. The second-order valence-corrected chi connectivity index (χ2v) is 7.77. The minimum absolute atomic E-state index is 0.504. The van der Waals surface area contributed by atoms with Gasteiger partial charge in [0, 0.05) is 43.1 Å². The number of hydrogen-bond donors (Lipinski definition) is 0. The molecular formula is C23H26F3N3O. The van der Waals surface area contributed by atoms with Crippen LogP contribution in [0.25, 0.3) is 6.08 Å². The number of halogens is 3. The van der Waals surface area contributed by atoms with E-state index < -0.39 is 11.7 Å². The van der Waals surface area contributed by atoms with E-state index >= 15 is 0 Å². The quantitative estimate of drug-likeness (QED) is 0.740. The zero-order valence-electron chi connectivity index (χ0n) is 17.0. The van der Waals surface area contributed by atoms with Gasteiger partial charge in [-0.1, -0.05) is 18.2 Å². The number of nitrogens with zero attached hydrogens (tertiary/aromatic N) is 3. The molecule has 2 aromatic carbocycles. The lowest BCUT2D eigenvalue weighted by Crippen LogP contribution is -2.44. The lowest BCUT2D eigenvalue weighted by molar-refractivity contribution is -0.137. The van der Waals surface area contributed by atoms with Gasteiger partial charge in [-0.3, -0.25) is 0 Å². The summed E-state index contributed by atoms with van der Waals surface area (Å²) in [7, 11) is 2.14. The van der Waals surface area contributed by atoms with Gasteiger partial charge in [0.05, 0.1) is 18.7 Å². The van der Waals surface area contributed by atoms with Crippen LogP contribution in [-0.2, 0) is 10.9 Å². The third-order valence-electron chi connectivity index (χ3n) is 5.65. The molecule has 0 bridgehead atoms. The second-order valence-electron chi connectivity index (χ2n) is 7.77. The molecule has 0 aliphatic carbocycles. The molecule has 2 heterocycles. The summed E-state index contributed by atoms with van der Waals surface area (Å²) in [5, 5.41) is 0. The van der Waals surface area contributed by atoms with Gasteiger partial charge in [-0.2, -0.15) is 13.2 Å². The fraction of sp³-hybridized carbons (Fsp3) is 0.391. The SMILES string of the molecule is CN1CCN(c2ccccc2C=C2CN(c3ccc(C(F)(F)F)cc3)CCO2)CC1. The molecule has 2 aromatic rings. The molecule has 0 unspecified atom stereocenters. The molecule has 0 N–H and O–H groups in total. The zero-order chi connectivity index (χ0) is 21.1. The standard InChI is InChI=1S/C23H26F3N3O/c1-27-10-12-28(13-11-27)22-5-3-2-4-18(22)16-21-17-29(14-15-30-21)20-8-6-19(7-9-20)23(24,25)26/h2-9,16H,10-15,17H2,1H3. The molecule has 160 valence electrons. The number of ether oxygens (including phenoxy) is 1. The first-order valence-electron chi connectivity index (χ1n) is 10.2. The number of para-hydroxylation sites is 1. The summed E-state index contributed by atoms with van der Waals surface area (Å²) in [4.78, 5) is 6.76. The molecular weight excluding hydrogens is 391 g/mol. The van der Waals surface area contributed by atoms with Gasteiger partial charge in [-0.05, 0) is 43.5 Å². The Bertz CT molecular complexity index is 887. The summed E-state index contributed by atoms with van der Waals surface area (Å²) < 4.78 is 44.4. The van der Waals surface area contributed by atoms with Crippen molar-refractivity contribution in [1.82, 2.24) is 4.90 Å². The van der Waals surface area contributed by atoms with Crippen molar-refractivity contribution in [3.63, 3.8) is 0 Å². The Hall–Kier alpha value is -2.67. The van der Waals surface area contributed by atoms with E-state index in [0.717, 1.165) is 55.3 Å². The van der Waals surface area contributed by atoms with Crippen LogP contribution in [0, 0.1) is 0 Å². The molecule has 4 rings (SSSR count). The van der Waals surface area contributed by atoms with E-state index in [1.54, 1.807) is 0 Å². The number of alkyl halides is 3. The normalized spacial score (nSPS) is 19.8. The molecule has 0 saturated carbocycles. The monoisotopic (exact) mass is 417 g/mol. The summed E-state index contributed by atoms with van der Waals surface area (Å²) in [6.07, 6.45) is -2.26. The third-order valence-corrected chi connectivity index (χ3v) is 5.65. The Labute approximate surface area is 175 Å². The average Bonchev–Trinajstić information content (AvgIpc) is 2.75. The Morgan fingerprint density at radius 1 is 0.867 bits per heavy atom. The van der Waals surface area contributed by atoms with Crippen molar-refractivity contribution in [2.24, 2.45) is 0 Å². The van der Waals surface area contributed by atoms with E-state index in [2.05, 4.69) is 35.1 Å². The summed E-state index contributed by atoms with van der Waals surface area (Å²) in [5.74, 6) is 0.822. The predicted octanol–water partition coefficient (Wildman–Crippen LogP) is 4.33. The topological polar surface area (TPSA) is 19.0 Å². The van der Waals surface area contributed by atoms with Crippen LogP contribution in [0.3, 0.4) is 0 Å². The maximum atomic E-state index is 12.8. The molecule has 30 heavy (non-hydrogen) atoms. The Morgan fingerprint density at radius 3 is 2.27 bits per heavy atom. The van der Waals surface area contributed by atoms with Gasteiger partial charge in [0.25, 0.3) is 0 Å². The summed E-state index contributed by atoms with van der Waals surface area (Å²) in [6.45, 7) is 5.70. The highest BCUT2D eigenvalue weighted by molar-refractivity contribution is 5.69. The molecule has 7 heteroatoms. The summed E-state index contributed by atoms with van der Waals surface area (Å²) >= 11 is 0. The molecule has 0 aromatic heterocycles. The lowest BCUT2D eigenvalue weighted by atomic mass is 10.1. The van der Waals surface area contributed by atoms with Gasteiger partial charge in [0.2, 0.25) is 0 Å². The van der Waals surface area contributed by atoms with Crippen LogP contribution in [0.4, 0.5) is 24.5 Å². The molecule has 0 atom stereocenters. The highest BCUT2D eigenvalue weighted by Gasteiger charge is 2.30. The van der Waals surface area contributed by atoms with Crippen molar-refractivity contribution in [2.75, 3.05) is 62.7 Å². The van der Waals surface area contributed by atoms with Crippen molar-refractivity contribution in [2.45, 2.75) is 6.18 Å². The van der Waals surface area contributed by atoms with Crippen molar-refractivity contribution < 1.29 is 17.9 Å². The van der Waals surface area contributed by atoms with E-state index in [1.807, 2.05) is 17.0 Å². The lowest BCUT2D eigenvalue weighted by Gasteiger charge is -2.35.